The molecule has 2 aromatic rings. The molecule has 0 atom stereocenters. The Kier molecular flexibility index (Phi) is 3.94. The topological polar surface area (TPSA) is 50.4 Å². The van der Waals surface area contributed by atoms with Gasteiger partial charge in [0.1, 0.15) is 16.7 Å². The van der Waals surface area contributed by atoms with Gasteiger partial charge in [-0.15, -0.1) is 0 Å². The Morgan fingerprint density at radius 1 is 1.29 bits per heavy atom. The zero-order valence-corrected chi connectivity index (χ0v) is 9.63. The number of aromatic nitrogens is 1. The van der Waals surface area contributed by atoms with E-state index in [2.05, 4.69) is 15.5 Å². The van der Waals surface area contributed by atoms with Crippen LogP contribution in [0.2, 0.25) is 5.15 Å². The number of hydrogen-bond acceptors (Lipinski definition) is 4. The lowest BCUT2D eigenvalue weighted by molar-refractivity contribution is 0.557. The van der Waals surface area contributed by atoms with Gasteiger partial charge in [-0.05, 0) is 36.4 Å². The number of hydrogen-bond donors (Lipinski definition) is 1. The van der Waals surface area contributed by atoms with Crippen LogP contribution in [-0.4, -0.2) is 11.2 Å². The molecule has 2 aromatic heterocycles. The molecule has 4 nitrogen and oxygen atoms in total. The minimum Gasteiger partial charge on any atom is -0.465 e. The number of pyridine rings is 1. The van der Waals surface area contributed by atoms with Crippen molar-refractivity contribution in [2.24, 2.45) is 5.10 Å². The van der Waals surface area contributed by atoms with Crippen LogP contribution in [0.25, 0.3) is 6.08 Å². The minimum atomic E-state index is 0.427. The SMILES string of the molecule is Clc1cccc(N/N=C\C=C\c2ccco2)n1. The fourth-order valence-electron chi connectivity index (χ4n) is 1.14. The third-order valence-electron chi connectivity index (χ3n) is 1.86. The molecule has 86 valence electrons. The molecule has 0 spiro atoms. The smallest absolute Gasteiger partial charge is 0.147 e. The molecule has 0 unspecified atom stereocenters. The summed E-state index contributed by atoms with van der Waals surface area (Å²) in [6, 6.07) is 8.96. The second-order valence-corrected chi connectivity index (χ2v) is 3.50. The number of nitrogens with zero attached hydrogens (tertiary/aromatic N) is 2. The first kappa shape index (κ1) is 11.4. The molecule has 17 heavy (non-hydrogen) atoms. The molecule has 0 aromatic carbocycles. The van der Waals surface area contributed by atoms with Crippen molar-refractivity contribution in [3.05, 3.63) is 53.6 Å². The summed E-state index contributed by atoms with van der Waals surface area (Å²) >= 11 is 5.72. The van der Waals surface area contributed by atoms with Gasteiger partial charge in [0.05, 0.1) is 6.26 Å². The van der Waals surface area contributed by atoms with Crippen molar-refractivity contribution in [2.45, 2.75) is 0 Å². The maximum atomic E-state index is 5.72. The number of hydrazone groups is 1. The molecule has 1 N–H and O–H groups in total. The Labute approximate surface area is 104 Å². The maximum Gasteiger partial charge on any atom is 0.147 e. The summed E-state index contributed by atoms with van der Waals surface area (Å²) in [6.45, 7) is 0. The van der Waals surface area contributed by atoms with E-state index in [1.807, 2.05) is 12.1 Å². The van der Waals surface area contributed by atoms with Gasteiger partial charge in [-0.25, -0.2) is 4.98 Å². The van der Waals surface area contributed by atoms with E-state index in [0.717, 1.165) is 5.76 Å². The van der Waals surface area contributed by atoms with E-state index < -0.39 is 0 Å². The van der Waals surface area contributed by atoms with Crippen LogP contribution in [0.15, 0.2) is 52.2 Å². The summed E-state index contributed by atoms with van der Waals surface area (Å²) in [6.07, 6.45) is 6.78. The zero-order chi connectivity index (χ0) is 11.9. The first-order chi connectivity index (χ1) is 8.34. The standard InChI is InChI=1S/C12H10ClN3O/c13-11-6-1-7-12(15-11)16-14-8-2-4-10-5-3-9-17-10/h1-9H,(H,15,16)/b4-2+,14-8-. The molecule has 5 heteroatoms. The van der Waals surface area contributed by atoms with Crippen LogP contribution in [0, 0.1) is 0 Å². The van der Waals surface area contributed by atoms with E-state index in [-0.39, 0.29) is 0 Å². The molecule has 0 saturated heterocycles. The Morgan fingerprint density at radius 3 is 3.00 bits per heavy atom. The van der Waals surface area contributed by atoms with Gasteiger partial charge in [-0.1, -0.05) is 17.7 Å². The molecule has 0 fully saturated rings. The van der Waals surface area contributed by atoms with Crippen molar-refractivity contribution in [3.63, 3.8) is 0 Å². The first-order valence-electron chi connectivity index (χ1n) is 4.96. The Balaban J connectivity index is 1.86. The van der Waals surface area contributed by atoms with Gasteiger partial charge in [0, 0.05) is 6.21 Å². The molecule has 2 rings (SSSR count). The van der Waals surface area contributed by atoms with Crippen LogP contribution in [-0.2, 0) is 0 Å². The van der Waals surface area contributed by atoms with Crippen LogP contribution in [0.4, 0.5) is 5.82 Å². The largest absolute Gasteiger partial charge is 0.465 e. The quantitative estimate of drug-likeness (QED) is 0.512. The van der Waals surface area contributed by atoms with Crippen molar-refractivity contribution in [3.8, 4) is 0 Å². The van der Waals surface area contributed by atoms with E-state index >= 15 is 0 Å². The monoisotopic (exact) mass is 247 g/mol. The Bertz CT molecular complexity index is 520. The summed E-state index contributed by atoms with van der Waals surface area (Å²) < 4.78 is 5.12. The molecule has 0 aliphatic carbocycles. The maximum absolute atomic E-state index is 5.72. The molecule has 0 aliphatic heterocycles. The highest BCUT2D eigenvalue weighted by molar-refractivity contribution is 6.29. The first-order valence-corrected chi connectivity index (χ1v) is 5.34. The molecule has 0 bridgehead atoms. The lowest BCUT2D eigenvalue weighted by atomic mass is 10.4. The van der Waals surface area contributed by atoms with Gasteiger partial charge < -0.3 is 4.42 Å². The van der Waals surface area contributed by atoms with Gasteiger partial charge in [0.25, 0.3) is 0 Å². The molecule has 0 radical (unpaired) electrons. The van der Waals surface area contributed by atoms with Gasteiger partial charge in [-0.2, -0.15) is 5.10 Å². The predicted octanol–water partition coefficient (Wildman–Crippen LogP) is 3.44. The number of anilines is 1. The van der Waals surface area contributed by atoms with Gasteiger partial charge in [0.2, 0.25) is 0 Å². The highest BCUT2D eigenvalue weighted by Crippen LogP contribution is 2.08. The van der Waals surface area contributed by atoms with E-state index in [4.69, 9.17) is 16.0 Å². The summed E-state index contributed by atoms with van der Waals surface area (Å²) in [5, 5.41) is 4.38. The van der Waals surface area contributed by atoms with Crippen molar-refractivity contribution < 1.29 is 4.42 Å². The Morgan fingerprint density at radius 2 is 2.24 bits per heavy atom. The van der Waals surface area contributed by atoms with Gasteiger partial charge in [-0.3, -0.25) is 5.43 Å². The van der Waals surface area contributed by atoms with E-state index in [1.54, 1.807) is 42.8 Å². The zero-order valence-electron chi connectivity index (χ0n) is 8.88. The van der Waals surface area contributed by atoms with E-state index in [0.29, 0.717) is 11.0 Å². The van der Waals surface area contributed by atoms with Crippen molar-refractivity contribution in [1.82, 2.24) is 4.98 Å². The predicted molar refractivity (Wildman–Crippen MR) is 69.1 cm³/mol. The van der Waals surface area contributed by atoms with E-state index in [1.165, 1.54) is 0 Å². The molecule has 2 heterocycles. The normalized spacial score (nSPS) is 11.4. The molecular formula is C12H10ClN3O. The number of furan rings is 1. The molecule has 0 saturated carbocycles. The third-order valence-corrected chi connectivity index (χ3v) is 2.07. The minimum absolute atomic E-state index is 0.427. The fourth-order valence-corrected chi connectivity index (χ4v) is 1.30. The number of allylic oxidation sites excluding steroid dienone is 1. The summed E-state index contributed by atoms with van der Waals surface area (Å²) in [5.74, 6) is 1.37. The van der Waals surface area contributed by atoms with Crippen molar-refractivity contribution >= 4 is 29.7 Å². The second-order valence-electron chi connectivity index (χ2n) is 3.11. The number of halogens is 1. The molecule has 0 amide bonds. The van der Waals surface area contributed by atoms with Crippen LogP contribution in [0.1, 0.15) is 5.76 Å². The van der Waals surface area contributed by atoms with Crippen LogP contribution in [0.5, 0.6) is 0 Å². The summed E-state index contributed by atoms with van der Waals surface area (Å²) in [5.41, 5.74) is 2.76. The second kappa shape index (κ2) is 5.86. The number of nitrogens with one attached hydrogen (secondary N) is 1. The van der Waals surface area contributed by atoms with Gasteiger partial charge in [0.15, 0.2) is 0 Å². The average molecular weight is 248 g/mol. The van der Waals surface area contributed by atoms with Crippen LogP contribution < -0.4 is 5.43 Å². The lowest BCUT2D eigenvalue weighted by Crippen LogP contribution is -1.91. The van der Waals surface area contributed by atoms with Crippen LogP contribution in [0.3, 0.4) is 0 Å². The van der Waals surface area contributed by atoms with Crippen molar-refractivity contribution in [1.29, 1.82) is 0 Å². The molecule has 0 aliphatic rings. The highest BCUT2D eigenvalue weighted by Gasteiger charge is 1.91. The highest BCUT2D eigenvalue weighted by atomic mass is 35.5. The summed E-state index contributed by atoms with van der Waals surface area (Å²) in [7, 11) is 0. The van der Waals surface area contributed by atoms with Crippen molar-refractivity contribution in [2.75, 3.05) is 5.43 Å². The fraction of sp³-hybridized carbons (Fsp3) is 0. The van der Waals surface area contributed by atoms with Gasteiger partial charge >= 0.3 is 0 Å². The van der Waals surface area contributed by atoms with Crippen LogP contribution >= 0.6 is 11.6 Å². The lowest BCUT2D eigenvalue weighted by Gasteiger charge is -1.97. The Hall–Kier alpha value is -2.07. The molecular weight excluding hydrogens is 238 g/mol. The summed E-state index contributed by atoms with van der Waals surface area (Å²) in [4.78, 5) is 4.02. The van der Waals surface area contributed by atoms with E-state index in [9.17, 15) is 0 Å². The third kappa shape index (κ3) is 3.77. The number of rotatable bonds is 4. The average Bonchev–Trinajstić information content (AvgIpc) is 2.82.